The molecular weight excluding hydrogens is 407 g/mol. The van der Waals surface area contributed by atoms with E-state index in [2.05, 4.69) is 20.5 Å². The van der Waals surface area contributed by atoms with Crippen LogP contribution in [0.25, 0.3) is 0 Å². The van der Waals surface area contributed by atoms with Gasteiger partial charge in [0, 0.05) is 58.1 Å². The van der Waals surface area contributed by atoms with Gasteiger partial charge in [-0.2, -0.15) is 13.2 Å². The van der Waals surface area contributed by atoms with Gasteiger partial charge in [-0.05, 0) is 35.9 Å². The van der Waals surface area contributed by atoms with Crippen LogP contribution in [0.1, 0.15) is 18.1 Å². The number of halogens is 3. The van der Waals surface area contributed by atoms with Crippen LogP contribution in [-0.4, -0.2) is 50.0 Å². The van der Waals surface area contributed by atoms with Crippen molar-refractivity contribution < 1.29 is 18.0 Å². The molecule has 0 unspecified atom stereocenters. The second-order valence-corrected chi connectivity index (χ2v) is 7.30. The molecule has 0 aromatic heterocycles. The Morgan fingerprint density at radius 3 is 2.42 bits per heavy atom. The lowest BCUT2D eigenvalue weighted by Crippen LogP contribution is -2.52. The molecule has 9 heteroatoms. The Morgan fingerprint density at radius 1 is 1.06 bits per heavy atom. The summed E-state index contributed by atoms with van der Waals surface area (Å²) in [7, 11) is 1.70. The molecule has 2 aromatic rings. The molecule has 0 saturated carbocycles. The Kier molecular flexibility index (Phi) is 7.04. The lowest BCUT2D eigenvalue weighted by Gasteiger charge is -2.37. The van der Waals surface area contributed by atoms with Gasteiger partial charge >= 0.3 is 6.18 Å². The van der Waals surface area contributed by atoms with Crippen LogP contribution < -0.4 is 15.5 Å². The zero-order valence-electron chi connectivity index (χ0n) is 17.5. The number of rotatable bonds is 4. The summed E-state index contributed by atoms with van der Waals surface area (Å²) in [6, 6.07) is 13.0. The van der Waals surface area contributed by atoms with Crippen molar-refractivity contribution in [3.05, 3.63) is 59.7 Å². The molecule has 2 N–H and O–H groups in total. The molecule has 31 heavy (non-hydrogen) atoms. The Balaban J connectivity index is 1.57. The molecule has 1 amide bonds. The zero-order valence-corrected chi connectivity index (χ0v) is 17.5. The molecule has 1 aliphatic heterocycles. The summed E-state index contributed by atoms with van der Waals surface area (Å²) < 4.78 is 39.0. The first-order valence-electron chi connectivity index (χ1n) is 10.0. The largest absolute Gasteiger partial charge is 0.416 e. The van der Waals surface area contributed by atoms with E-state index in [1.165, 1.54) is 19.1 Å². The van der Waals surface area contributed by atoms with E-state index in [4.69, 9.17) is 0 Å². The number of amides is 1. The minimum Gasteiger partial charge on any atom is -0.368 e. The summed E-state index contributed by atoms with van der Waals surface area (Å²) in [4.78, 5) is 19.6. The fourth-order valence-electron chi connectivity index (χ4n) is 3.53. The molecule has 0 spiro atoms. The molecule has 0 aliphatic carbocycles. The summed E-state index contributed by atoms with van der Waals surface area (Å²) in [6.07, 6.45) is -4.35. The zero-order chi connectivity index (χ0) is 22.4. The number of hydrogen-bond donors (Lipinski definition) is 2. The van der Waals surface area contributed by atoms with Crippen LogP contribution in [0, 0.1) is 0 Å². The van der Waals surface area contributed by atoms with Crippen molar-refractivity contribution in [3.8, 4) is 0 Å². The van der Waals surface area contributed by atoms with Crippen molar-refractivity contribution >= 4 is 23.2 Å². The fraction of sp³-hybridized carbons (Fsp3) is 0.364. The highest BCUT2D eigenvalue weighted by Crippen LogP contribution is 2.31. The van der Waals surface area contributed by atoms with E-state index < -0.39 is 11.7 Å². The number of anilines is 2. The summed E-state index contributed by atoms with van der Waals surface area (Å²) >= 11 is 0. The maximum atomic E-state index is 13.0. The molecule has 0 radical (unpaired) electrons. The van der Waals surface area contributed by atoms with Crippen molar-refractivity contribution in [2.24, 2.45) is 4.99 Å². The quantitative estimate of drug-likeness (QED) is 0.572. The van der Waals surface area contributed by atoms with Crippen LogP contribution in [0.2, 0.25) is 0 Å². The smallest absolute Gasteiger partial charge is 0.368 e. The Bertz CT molecular complexity index is 937. The Hall–Kier alpha value is -3.23. The van der Waals surface area contributed by atoms with Gasteiger partial charge in [-0.15, -0.1) is 0 Å². The van der Waals surface area contributed by atoms with Crippen LogP contribution in [0.4, 0.5) is 24.5 Å². The number of nitrogens with zero attached hydrogens (tertiary/aromatic N) is 3. The second-order valence-electron chi connectivity index (χ2n) is 7.30. The molecule has 1 fully saturated rings. The number of benzene rings is 2. The standard InChI is InChI=1S/C22H26F3N5O/c1-16(31)28-19-7-3-5-17(13-19)15-27-21(26-2)30-11-9-29(10-12-30)20-8-4-6-18(14-20)22(23,24)25/h3-8,13-14H,9-12,15H2,1-2H3,(H,26,27)(H,28,31). The number of carbonyl (C=O) groups excluding carboxylic acids is 1. The fourth-order valence-corrected chi connectivity index (χ4v) is 3.53. The molecular formula is C22H26F3N5O. The van der Waals surface area contributed by atoms with E-state index in [-0.39, 0.29) is 5.91 Å². The van der Waals surface area contributed by atoms with Gasteiger partial charge in [0.15, 0.2) is 5.96 Å². The van der Waals surface area contributed by atoms with Crippen molar-refractivity contribution in [3.63, 3.8) is 0 Å². The minimum atomic E-state index is -4.35. The molecule has 1 saturated heterocycles. The lowest BCUT2D eigenvalue weighted by atomic mass is 10.1. The normalized spacial score (nSPS) is 15.1. The van der Waals surface area contributed by atoms with Crippen LogP contribution in [0.15, 0.2) is 53.5 Å². The van der Waals surface area contributed by atoms with Gasteiger partial charge in [0.25, 0.3) is 0 Å². The number of aliphatic imine (C=N–C) groups is 1. The monoisotopic (exact) mass is 433 g/mol. The first kappa shape index (κ1) is 22.5. The Morgan fingerprint density at radius 2 is 1.77 bits per heavy atom. The van der Waals surface area contributed by atoms with Crippen molar-refractivity contribution in [1.82, 2.24) is 10.2 Å². The van der Waals surface area contributed by atoms with Gasteiger partial charge in [0.05, 0.1) is 5.56 Å². The summed E-state index contributed by atoms with van der Waals surface area (Å²) in [5.41, 5.74) is 1.67. The number of hydrogen-bond acceptors (Lipinski definition) is 3. The van der Waals surface area contributed by atoms with Crippen LogP contribution >= 0.6 is 0 Å². The highest BCUT2D eigenvalue weighted by atomic mass is 19.4. The van der Waals surface area contributed by atoms with E-state index in [0.717, 1.165) is 23.3 Å². The molecule has 0 bridgehead atoms. The summed E-state index contributed by atoms with van der Waals surface area (Å²) in [6.45, 7) is 4.48. The molecule has 1 aliphatic rings. The van der Waals surface area contributed by atoms with E-state index in [1.807, 2.05) is 29.2 Å². The van der Waals surface area contributed by atoms with E-state index in [0.29, 0.717) is 38.4 Å². The predicted molar refractivity (Wildman–Crippen MR) is 116 cm³/mol. The van der Waals surface area contributed by atoms with Crippen molar-refractivity contribution in [1.29, 1.82) is 0 Å². The number of carbonyl (C=O) groups is 1. The van der Waals surface area contributed by atoms with Gasteiger partial charge in [-0.3, -0.25) is 9.79 Å². The van der Waals surface area contributed by atoms with Gasteiger partial charge < -0.3 is 20.4 Å². The summed E-state index contributed by atoms with van der Waals surface area (Å²) in [5.74, 6) is 0.605. The average molecular weight is 433 g/mol. The minimum absolute atomic E-state index is 0.125. The lowest BCUT2D eigenvalue weighted by molar-refractivity contribution is -0.137. The number of nitrogens with one attached hydrogen (secondary N) is 2. The first-order chi connectivity index (χ1) is 14.8. The molecule has 3 rings (SSSR count). The van der Waals surface area contributed by atoms with Crippen molar-refractivity contribution in [2.75, 3.05) is 43.4 Å². The van der Waals surface area contributed by atoms with E-state index in [9.17, 15) is 18.0 Å². The van der Waals surface area contributed by atoms with Crippen LogP contribution in [0.3, 0.4) is 0 Å². The maximum Gasteiger partial charge on any atom is 0.416 e. The topological polar surface area (TPSA) is 60.0 Å². The number of piperazine rings is 1. The molecule has 2 aromatic carbocycles. The predicted octanol–water partition coefficient (Wildman–Crippen LogP) is 3.56. The number of guanidine groups is 1. The molecule has 1 heterocycles. The molecule has 166 valence electrons. The first-order valence-corrected chi connectivity index (χ1v) is 10.0. The third kappa shape index (κ3) is 6.13. The molecule has 0 atom stereocenters. The third-order valence-electron chi connectivity index (χ3n) is 5.03. The van der Waals surface area contributed by atoms with Gasteiger partial charge in [-0.25, -0.2) is 0 Å². The van der Waals surface area contributed by atoms with Crippen molar-refractivity contribution in [2.45, 2.75) is 19.6 Å². The van der Waals surface area contributed by atoms with Gasteiger partial charge in [0.2, 0.25) is 5.91 Å². The SMILES string of the molecule is CN=C(NCc1cccc(NC(C)=O)c1)N1CCN(c2cccc(C(F)(F)F)c2)CC1. The highest BCUT2D eigenvalue weighted by molar-refractivity contribution is 5.88. The van der Waals surface area contributed by atoms with E-state index >= 15 is 0 Å². The molecule has 6 nitrogen and oxygen atoms in total. The van der Waals surface area contributed by atoms with Gasteiger partial charge in [-0.1, -0.05) is 18.2 Å². The van der Waals surface area contributed by atoms with Crippen LogP contribution in [0.5, 0.6) is 0 Å². The third-order valence-corrected chi connectivity index (χ3v) is 5.03. The maximum absolute atomic E-state index is 13.0. The Labute approximate surface area is 179 Å². The average Bonchev–Trinajstić information content (AvgIpc) is 2.74. The number of alkyl halides is 3. The van der Waals surface area contributed by atoms with Gasteiger partial charge in [0.1, 0.15) is 0 Å². The summed E-state index contributed by atoms with van der Waals surface area (Å²) in [5, 5.41) is 6.08. The van der Waals surface area contributed by atoms with Crippen LogP contribution in [-0.2, 0) is 17.5 Å². The van der Waals surface area contributed by atoms with E-state index in [1.54, 1.807) is 13.1 Å². The second kappa shape index (κ2) is 9.72. The highest BCUT2D eigenvalue weighted by Gasteiger charge is 2.31.